The lowest BCUT2D eigenvalue weighted by Gasteiger charge is -2.14. The topological polar surface area (TPSA) is 64.6 Å². The van der Waals surface area contributed by atoms with Crippen LogP contribution in [-0.4, -0.2) is 31.1 Å². The lowest BCUT2D eigenvalue weighted by molar-refractivity contribution is -0.144. The average Bonchev–Trinajstić information content (AvgIpc) is 2.36. The Morgan fingerprint density at radius 2 is 2.16 bits per heavy atom. The molecule has 19 heavy (non-hydrogen) atoms. The number of carbonyl (C=O) groups is 2. The Kier molecular flexibility index (Phi) is 6.15. The molecule has 0 fully saturated rings. The third kappa shape index (κ3) is 5.61. The first-order valence-electron chi connectivity index (χ1n) is 5.88. The Morgan fingerprint density at radius 3 is 2.79 bits per heavy atom. The molecule has 0 aliphatic heterocycles. The summed E-state index contributed by atoms with van der Waals surface area (Å²) < 4.78 is 10.1. The fraction of sp³-hybridized carbons (Fsp3) is 0.385. The van der Waals surface area contributed by atoms with E-state index in [4.69, 9.17) is 21.1 Å². The van der Waals surface area contributed by atoms with Crippen LogP contribution in [-0.2, 0) is 14.3 Å². The lowest BCUT2D eigenvalue weighted by Crippen LogP contribution is -2.39. The maximum atomic E-state index is 11.7. The molecule has 5 nitrogen and oxygen atoms in total. The Balaban J connectivity index is 2.42. The molecule has 0 bridgehead atoms. The first kappa shape index (κ1) is 15.3. The quantitative estimate of drug-likeness (QED) is 0.809. The summed E-state index contributed by atoms with van der Waals surface area (Å²) in [6.45, 7) is 3.39. The molecule has 0 saturated carbocycles. The van der Waals surface area contributed by atoms with Gasteiger partial charge in [-0.1, -0.05) is 17.7 Å². The highest BCUT2D eigenvalue weighted by Crippen LogP contribution is 2.18. The van der Waals surface area contributed by atoms with Crippen molar-refractivity contribution in [2.75, 3.05) is 13.2 Å². The molecular weight excluding hydrogens is 270 g/mol. The number of hydrogen-bond donors (Lipinski definition) is 1. The van der Waals surface area contributed by atoms with Crippen molar-refractivity contribution >= 4 is 23.5 Å². The van der Waals surface area contributed by atoms with Crippen molar-refractivity contribution in [2.24, 2.45) is 0 Å². The molecule has 1 amide bonds. The number of rotatable bonds is 6. The summed E-state index contributed by atoms with van der Waals surface area (Å²) in [5.74, 6) is -0.384. The summed E-state index contributed by atoms with van der Waals surface area (Å²) in [5, 5.41) is 2.96. The number of hydrogen-bond acceptors (Lipinski definition) is 4. The van der Waals surface area contributed by atoms with Crippen LogP contribution < -0.4 is 10.1 Å². The van der Waals surface area contributed by atoms with Gasteiger partial charge in [-0.15, -0.1) is 0 Å². The van der Waals surface area contributed by atoms with E-state index in [1.165, 1.54) is 0 Å². The van der Waals surface area contributed by atoms with Crippen LogP contribution in [0.25, 0.3) is 0 Å². The minimum absolute atomic E-state index is 0.171. The van der Waals surface area contributed by atoms with Crippen LogP contribution in [0.15, 0.2) is 24.3 Å². The molecule has 0 aromatic heterocycles. The predicted octanol–water partition coefficient (Wildman–Crippen LogP) is 1.79. The molecule has 1 aromatic rings. The Morgan fingerprint density at radius 1 is 1.42 bits per heavy atom. The summed E-state index contributed by atoms with van der Waals surface area (Å²) in [4.78, 5) is 22.7. The van der Waals surface area contributed by atoms with E-state index in [0.717, 1.165) is 0 Å². The summed E-state index contributed by atoms with van der Waals surface area (Å²) in [6, 6.07) is 6.73. The molecule has 1 unspecified atom stereocenters. The molecular formula is C13H16ClNO4. The van der Waals surface area contributed by atoms with Gasteiger partial charge in [0, 0.05) is 5.02 Å². The van der Waals surface area contributed by atoms with Crippen molar-refractivity contribution in [3.8, 4) is 5.75 Å². The minimum atomic E-state index is -0.729. The standard InChI is InChI=1S/C13H16ClNO4/c1-3-18-12(16)8-15-13(17)9(2)19-11-6-4-5-10(14)7-11/h4-7,9H,3,8H2,1-2H3,(H,15,17). The number of benzene rings is 1. The molecule has 0 aliphatic rings. The third-order valence-electron chi connectivity index (χ3n) is 2.19. The fourth-order valence-electron chi connectivity index (χ4n) is 1.31. The van der Waals surface area contributed by atoms with E-state index in [-0.39, 0.29) is 13.2 Å². The van der Waals surface area contributed by atoms with Gasteiger partial charge in [0.25, 0.3) is 5.91 Å². The van der Waals surface area contributed by atoms with Gasteiger partial charge in [0.15, 0.2) is 6.10 Å². The first-order chi connectivity index (χ1) is 9.02. The van der Waals surface area contributed by atoms with Crippen molar-refractivity contribution in [2.45, 2.75) is 20.0 Å². The minimum Gasteiger partial charge on any atom is -0.481 e. The third-order valence-corrected chi connectivity index (χ3v) is 2.43. The Bertz CT molecular complexity index is 450. The zero-order valence-electron chi connectivity index (χ0n) is 10.8. The lowest BCUT2D eigenvalue weighted by atomic mass is 10.3. The zero-order valence-corrected chi connectivity index (χ0v) is 11.6. The molecule has 0 radical (unpaired) electrons. The summed E-state index contributed by atoms with van der Waals surface area (Å²) in [5.41, 5.74) is 0. The molecule has 6 heteroatoms. The highest BCUT2D eigenvalue weighted by Gasteiger charge is 2.15. The second kappa shape index (κ2) is 7.63. The number of ether oxygens (including phenoxy) is 2. The highest BCUT2D eigenvalue weighted by molar-refractivity contribution is 6.30. The smallest absolute Gasteiger partial charge is 0.325 e. The Hall–Kier alpha value is -1.75. The predicted molar refractivity (Wildman–Crippen MR) is 71.2 cm³/mol. The van der Waals surface area contributed by atoms with Crippen LogP contribution in [0, 0.1) is 0 Å². The van der Waals surface area contributed by atoms with Crippen LogP contribution in [0.3, 0.4) is 0 Å². The molecule has 104 valence electrons. The van der Waals surface area contributed by atoms with E-state index >= 15 is 0 Å². The van der Waals surface area contributed by atoms with E-state index in [0.29, 0.717) is 10.8 Å². The fourth-order valence-corrected chi connectivity index (χ4v) is 1.49. The van der Waals surface area contributed by atoms with Gasteiger partial charge < -0.3 is 14.8 Å². The monoisotopic (exact) mass is 285 g/mol. The molecule has 0 heterocycles. The van der Waals surface area contributed by atoms with E-state index in [1.54, 1.807) is 38.1 Å². The summed E-state index contributed by atoms with van der Waals surface area (Å²) in [7, 11) is 0. The van der Waals surface area contributed by atoms with Crippen LogP contribution in [0.5, 0.6) is 5.75 Å². The van der Waals surface area contributed by atoms with Crippen LogP contribution >= 0.6 is 11.6 Å². The van der Waals surface area contributed by atoms with Gasteiger partial charge in [0.05, 0.1) is 6.61 Å². The van der Waals surface area contributed by atoms with Gasteiger partial charge >= 0.3 is 5.97 Å². The molecule has 0 aliphatic carbocycles. The Labute approximate surface area is 116 Å². The van der Waals surface area contributed by atoms with Crippen molar-refractivity contribution < 1.29 is 19.1 Å². The average molecular weight is 286 g/mol. The van der Waals surface area contributed by atoms with Crippen LogP contribution in [0.2, 0.25) is 5.02 Å². The van der Waals surface area contributed by atoms with Crippen molar-refractivity contribution in [1.82, 2.24) is 5.32 Å². The normalized spacial score (nSPS) is 11.5. The van der Waals surface area contributed by atoms with E-state index in [2.05, 4.69) is 5.32 Å². The molecule has 0 spiro atoms. The van der Waals surface area contributed by atoms with Gasteiger partial charge in [-0.3, -0.25) is 9.59 Å². The molecule has 1 rings (SSSR count). The van der Waals surface area contributed by atoms with Crippen molar-refractivity contribution in [3.05, 3.63) is 29.3 Å². The summed E-state index contributed by atoms with van der Waals surface area (Å²) >= 11 is 5.80. The van der Waals surface area contributed by atoms with E-state index in [9.17, 15) is 9.59 Å². The van der Waals surface area contributed by atoms with Crippen LogP contribution in [0.1, 0.15) is 13.8 Å². The number of nitrogens with one attached hydrogen (secondary N) is 1. The number of halogens is 1. The second-order valence-electron chi connectivity index (χ2n) is 3.74. The zero-order chi connectivity index (χ0) is 14.3. The molecule has 0 saturated heterocycles. The highest BCUT2D eigenvalue weighted by atomic mass is 35.5. The number of esters is 1. The van der Waals surface area contributed by atoms with Crippen molar-refractivity contribution in [3.63, 3.8) is 0 Å². The van der Waals surface area contributed by atoms with Gasteiger partial charge in [-0.25, -0.2) is 0 Å². The van der Waals surface area contributed by atoms with Gasteiger partial charge in [-0.2, -0.15) is 0 Å². The first-order valence-corrected chi connectivity index (χ1v) is 6.26. The van der Waals surface area contributed by atoms with Crippen LogP contribution in [0.4, 0.5) is 0 Å². The maximum absolute atomic E-state index is 11.7. The summed E-state index contributed by atoms with van der Waals surface area (Å²) in [6.07, 6.45) is -0.729. The van der Waals surface area contributed by atoms with E-state index in [1.807, 2.05) is 0 Å². The second-order valence-corrected chi connectivity index (χ2v) is 4.18. The van der Waals surface area contributed by atoms with Gasteiger partial charge in [-0.05, 0) is 32.0 Å². The SMILES string of the molecule is CCOC(=O)CNC(=O)C(C)Oc1cccc(Cl)c1. The van der Waals surface area contributed by atoms with Gasteiger partial charge in [0.1, 0.15) is 12.3 Å². The number of carbonyl (C=O) groups excluding carboxylic acids is 2. The van der Waals surface area contributed by atoms with E-state index < -0.39 is 18.0 Å². The molecule has 1 aromatic carbocycles. The maximum Gasteiger partial charge on any atom is 0.325 e. The molecule has 1 N–H and O–H groups in total. The molecule has 1 atom stereocenters. The van der Waals surface area contributed by atoms with Gasteiger partial charge in [0.2, 0.25) is 0 Å². The number of amides is 1. The largest absolute Gasteiger partial charge is 0.481 e. The van der Waals surface area contributed by atoms with Crippen molar-refractivity contribution in [1.29, 1.82) is 0 Å².